The van der Waals surface area contributed by atoms with Gasteiger partial charge in [-0.2, -0.15) is 0 Å². The number of carboxylic acids is 2. The maximum atomic E-state index is 11.6. The fourth-order valence-electron chi connectivity index (χ4n) is 1.19. The van der Waals surface area contributed by atoms with Crippen molar-refractivity contribution in [2.75, 3.05) is 13.2 Å². The number of carbonyl (C=O) groups excluding carboxylic acids is 4. The van der Waals surface area contributed by atoms with Gasteiger partial charge >= 0.3 is 0 Å². The molecule has 10 heteroatoms. The van der Waals surface area contributed by atoms with Gasteiger partial charge in [0.1, 0.15) is 12.6 Å². The van der Waals surface area contributed by atoms with Gasteiger partial charge in [-0.3, -0.25) is 9.59 Å². The van der Waals surface area contributed by atoms with Crippen LogP contribution in [0.25, 0.3) is 0 Å². The van der Waals surface area contributed by atoms with Crippen LogP contribution in [0.4, 0.5) is 0 Å². The molecule has 2 atom stereocenters. The van der Waals surface area contributed by atoms with E-state index in [-0.39, 0.29) is 6.42 Å². The van der Waals surface area contributed by atoms with E-state index < -0.39 is 55.4 Å². The number of carbonyl (C=O) groups is 4. The largest absolute Gasteiger partial charge is 0.550 e. The van der Waals surface area contributed by atoms with Crippen molar-refractivity contribution in [3.05, 3.63) is 0 Å². The zero-order valence-corrected chi connectivity index (χ0v) is 10.6. The summed E-state index contributed by atoms with van der Waals surface area (Å²) in [7, 11) is 0. The number of aliphatic carboxylic acids is 2. The summed E-state index contributed by atoms with van der Waals surface area (Å²) < 4.78 is 0. The van der Waals surface area contributed by atoms with Gasteiger partial charge in [0.15, 0.2) is 6.04 Å². The van der Waals surface area contributed by atoms with Crippen molar-refractivity contribution in [2.24, 2.45) is 0 Å². The summed E-state index contributed by atoms with van der Waals surface area (Å²) in [5.74, 6) is -4.60. The van der Waals surface area contributed by atoms with Crippen LogP contribution in [-0.4, -0.2) is 54.1 Å². The highest BCUT2D eigenvalue weighted by atomic mass is 16.4. The van der Waals surface area contributed by atoms with E-state index in [2.05, 4.69) is 11.1 Å². The molecule has 0 aromatic rings. The number of carboxylic acid groups (broad SMARTS) is 2. The number of rotatable bonds is 9. The van der Waals surface area contributed by atoms with Crippen molar-refractivity contribution in [3.63, 3.8) is 0 Å². The lowest BCUT2D eigenvalue weighted by atomic mass is 10.1. The molecule has 0 saturated heterocycles. The highest BCUT2D eigenvalue weighted by Gasteiger charge is 2.24. The van der Waals surface area contributed by atoms with Crippen LogP contribution in [0, 0.1) is 0 Å². The first kappa shape index (κ1) is 17.8. The molecule has 0 aromatic carbocycles. The van der Waals surface area contributed by atoms with Crippen LogP contribution in [0.15, 0.2) is 0 Å². The highest BCUT2D eigenvalue weighted by Crippen LogP contribution is 1.98. The number of quaternary nitrogens is 1. The van der Waals surface area contributed by atoms with Gasteiger partial charge < -0.3 is 41.3 Å². The third-order valence-electron chi connectivity index (χ3n) is 2.27. The predicted octanol–water partition coefficient (Wildman–Crippen LogP) is -6.53. The maximum Gasteiger partial charge on any atom is 0.281 e. The molecule has 0 aliphatic rings. The molecule has 20 heavy (non-hydrogen) atoms. The number of amides is 2. The van der Waals surface area contributed by atoms with E-state index in [1.54, 1.807) is 0 Å². The second-order valence-electron chi connectivity index (χ2n) is 3.94. The zero-order chi connectivity index (χ0) is 15.7. The summed E-state index contributed by atoms with van der Waals surface area (Å²) >= 11 is 0. The van der Waals surface area contributed by atoms with E-state index in [1.165, 1.54) is 0 Å². The SMILES string of the molecule is [NH3+][C@@H](CO)C(=O)N[C@@H](CCC(=O)[O-])C(=O)NCC(=O)[O-]. The summed E-state index contributed by atoms with van der Waals surface area (Å²) in [5, 5.41) is 33.4. The normalized spacial score (nSPS) is 13.1. The van der Waals surface area contributed by atoms with Gasteiger partial charge in [0, 0.05) is 5.97 Å². The molecule has 0 rings (SSSR count). The molecule has 0 aromatic heterocycles. The molecule has 10 nitrogen and oxygen atoms in total. The molecule has 0 spiro atoms. The Morgan fingerprint density at radius 1 is 1.10 bits per heavy atom. The number of aliphatic hydroxyl groups is 1. The minimum Gasteiger partial charge on any atom is -0.550 e. The van der Waals surface area contributed by atoms with Gasteiger partial charge in [-0.05, 0) is 12.8 Å². The van der Waals surface area contributed by atoms with E-state index in [9.17, 15) is 29.4 Å². The van der Waals surface area contributed by atoms with Gasteiger partial charge in [0.25, 0.3) is 5.91 Å². The average molecular weight is 290 g/mol. The van der Waals surface area contributed by atoms with Gasteiger partial charge in [-0.1, -0.05) is 0 Å². The summed E-state index contributed by atoms with van der Waals surface area (Å²) in [6, 6.07) is -2.30. The van der Waals surface area contributed by atoms with Gasteiger partial charge in [0.05, 0.1) is 12.5 Å². The molecule has 114 valence electrons. The minimum atomic E-state index is -1.53. The number of nitrogens with one attached hydrogen (secondary N) is 2. The Morgan fingerprint density at radius 2 is 1.70 bits per heavy atom. The van der Waals surface area contributed by atoms with Crippen molar-refractivity contribution in [1.29, 1.82) is 0 Å². The Hall–Kier alpha value is -2.20. The molecule has 6 N–H and O–H groups in total. The quantitative estimate of drug-likeness (QED) is 0.325. The first-order chi connectivity index (χ1) is 9.27. The summed E-state index contributed by atoms with van der Waals surface area (Å²) in [6.45, 7) is -1.33. The zero-order valence-electron chi connectivity index (χ0n) is 10.6. The van der Waals surface area contributed by atoms with Crippen LogP contribution in [0.5, 0.6) is 0 Å². The van der Waals surface area contributed by atoms with Crippen molar-refractivity contribution < 1.29 is 40.2 Å². The fourth-order valence-corrected chi connectivity index (χ4v) is 1.19. The second-order valence-corrected chi connectivity index (χ2v) is 3.94. The lowest BCUT2D eigenvalue weighted by Gasteiger charge is -2.19. The first-order valence-corrected chi connectivity index (χ1v) is 5.69. The molecule has 2 amide bonds. The summed E-state index contributed by atoms with van der Waals surface area (Å²) in [5.41, 5.74) is 3.31. The monoisotopic (exact) mass is 290 g/mol. The summed E-state index contributed by atoms with van der Waals surface area (Å²) in [6.07, 6.45) is -0.796. The third-order valence-corrected chi connectivity index (χ3v) is 2.27. The molecule has 0 saturated carbocycles. The van der Waals surface area contributed by atoms with Crippen LogP contribution >= 0.6 is 0 Å². The Kier molecular flexibility index (Phi) is 7.85. The molecule has 0 heterocycles. The number of hydrogen-bond acceptors (Lipinski definition) is 7. The van der Waals surface area contributed by atoms with Crippen LogP contribution in [0.3, 0.4) is 0 Å². The van der Waals surface area contributed by atoms with E-state index in [4.69, 9.17) is 5.11 Å². The van der Waals surface area contributed by atoms with Crippen LogP contribution < -0.4 is 26.6 Å². The minimum absolute atomic E-state index is 0.287. The molecular weight excluding hydrogens is 274 g/mol. The van der Waals surface area contributed by atoms with Crippen LogP contribution in [0.2, 0.25) is 0 Å². The van der Waals surface area contributed by atoms with Crippen molar-refractivity contribution in [2.45, 2.75) is 24.9 Å². The summed E-state index contributed by atoms with van der Waals surface area (Å²) in [4.78, 5) is 43.6. The molecular formula is C10H16N3O7-. The van der Waals surface area contributed by atoms with E-state index in [1.807, 2.05) is 5.32 Å². The molecule has 0 unspecified atom stereocenters. The average Bonchev–Trinajstić information content (AvgIpc) is 2.38. The van der Waals surface area contributed by atoms with E-state index >= 15 is 0 Å². The van der Waals surface area contributed by atoms with Gasteiger partial charge in [-0.25, -0.2) is 0 Å². The van der Waals surface area contributed by atoms with Crippen LogP contribution in [-0.2, 0) is 19.2 Å². The standard InChI is InChI=1S/C10H17N3O7/c11-5(4-14)9(19)13-6(1-2-7(15)16)10(20)12-3-8(17)18/h5-6,14H,1-4,11H2,(H,12,20)(H,13,19)(H,15,16)(H,17,18)/p-1/t5-,6-/m0/s1. The highest BCUT2D eigenvalue weighted by molar-refractivity contribution is 5.90. The third kappa shape index (κ3) is 7.28. The van der Waals surface area contributed by atoms with Crippen molar-refractivity contribution >= 4 is 23.8 Å². The predicted molar refractivity (Wildman–Crippen MR) is 58.0 cm³/mol. The Balaban J connectivity index is 4.62. The molecule has 0 aliphatic heterocycles. The van der Waals surface area contributed by atoms with E-state index in [0.29, 0.717) is 0 Å². The number of aliphatic hydroxyl groups excluding tert-OH is 1. The van der Waals surface area contributed by atoms with Crippen molar-refractivity contribution in [1.82, 2.24) is 10.6 Å². The van der Waals surface area contributed by atoms with Gasteiger partial charge in [-0.15, -0.1) is 0 Å². The van der Waals surface area contributed by atoms with Crippen LogP contribution in [0.1, 0.15) is 12.8 Å². The molecule has 0 radical (unpaired) electrons. The Morgan fingerprint density at radius 3 is 2.15 bits per heavy atom. The second kappa shape index (κ2) is 8.82. The maximum absolute atomic E-state index is 11.6. The number of hydrogen-bond donors (Lipinski definition) is 4. The molecule has 0 fully saturated rings. The molecule has 0 aliphatic carbocycles. The first-order valence-electron chi connectivity index (χ1n) is 5.69. The van der Waals surface area contributed by atoms with E-state index in [0.717, 1.165) is 0 Å². The Bertz CT molecular complexity index is 385. The fraction of sp³-hybridized carbons (Fsp3) is 0.600. The Labute approximate surface area is 113 Å². The topological polar surface area (TPSA) is 186 Å². The smallest absolute Gasteiger partial charge is 0.281 e. The lowest BCUT2D eigenvalue weighted by Crippen LogP contribution is -2.70. The molecule has 0 bridgehead atoms. The van der Waals surface area contributed by atoms with Gasteiger partial charge in [0.2, 0.25) is 5.91 Å². The van der Waals surface area contributed by atoms with Crippen molar-refractivity contribution in [3.8, 4) is 0 Å². The lowest BCUT2D eigenvalue weighted by molar-refractivity contribution is -0.409.